The van der Waals surface area contributed by atoms with Crippen molar-refractivity contribution in [3.63, 3.8) is 0 Å². The molecule has 0 bridgehead atoms. The normalized spacial score (nSPS) is 10.9. The maximum absolute atomic E-state index is 12.2. The van der Waals surface area contributed by atoms with Gasteiger partial charge in [-0.25, -0.2) is 5.43 Å². The highest BCUT2D eigenvalue weighted by atomic mass is 16.5. The van der Waals surface area contributed by atoms with Crippen LogP contribution in [0.1, 0.15) is 15.9 Å². The molecule has 0 aromatic heterocycles. The number of hydrogen-bond donors (Lipinski definition) is 2. The van der Waals surface area contributed by atoms with E-state index in [4.69, 9.17) is 4.74 Å². The minimum atomic E-state index is -0.482. The van der Waals surface area contributed by atoms with Gasteiger partial charge in [0, 0.05) is 10.9 Å². The number of benzene rings is 3. The Hall–Kier alpha value is -3.34. The van der Waals surface area contributed by atoms with Gasteiger partial charge in [0.1, 0.15) is 11.5 Å². The van der Waals surface area contributed by atoms with Crippen molar-refractivity contribution in [1.29, 1.82) is 0 Å². The lowest BCUT2D eigenvalue weighted by molar-refractivity contribution is 0.0952. The number of nitrogens with one attached hydrogen (secondary N) is 1. The highest BCUT2D eigenvalue weighted by Gasteiger charge is 2.13. The Kier molecular flexibility index (Phi) is 4.43. The molecule has 24 heavy (non-hydrogen) atoms. The Morgan fingerprint density at radius 1 is 1.08 bits per heavy atom. The minimum Gasteiger partial charge on any atom is -0.506 e. The number of rotatable bonds is 4. The molecule has 0 saturated heterocycles. The number of ether oxygens (including phenoxy) is 1. The molecular weight excluding hydrogens is 304 g/mol. The van der Waals surface area contributed by atoms with Crippen molar-refractivity contribution in [3.8, 4) is 11.5 Å². The molecule has 0 aliphatic rings. The van der Waals surface area contributed by atoms with Crippen molar-refractivity contribution in [2.45, 2.75) is 0 Å². The number of hydrazone groups is 1. The molecule has 5 nitrogen and oxygen atoms in total. The van der Waals surface area contributed by atoms with Gasteiger partial charge in [-0.1, -0.05) is 42.5 Å². The number of phenols is 1. The monoisotopic (exact) mass is 320 g/mol. The SMILES string of the molecule is COc1ccccc1C=NNC(=O)c1ccc2ccccc2c1O. The summed E-state index contributed by atoms with van der Waals surface area (Å²) in [5.41, 5.74) is 3.33. The molecule has 0 spiro atoms. The molecule has 2 N–H and O–H groups in total. The Bertz CT molecular complexity index is 919. The van der Waals surface area contributed by atoms with E-state index in [1.807, 2.05) is 36.4 Å². The van der Waals surface area contributed by atoms with Crippen LogP contribution in [0.2, 0.25) is 0 Å². The first-order valence-electron chi connectivity index (χ1n) is 7.38. The molecule has 0 aliphatic heterocycles. The zero-order valence-electron chi connectivity index (χ0n) is 13.1. The number of aromatic hydroxyl groups is 1. The van der Waals surface area contributed by atoms with E-state index in [0.29, 0.717) is 11.1 Å². The third-order valence-electron chi connectivity index (χ3n) is 3.65. The van der Waals surface area contributed by atoms with Gasteiger partial charge in [-0.15, -0.1) is 0 Å². The van der Waals surface area contributed by atoms with Crippen LogP contribution in [0, 0.1) is 0 Å². The fourth-order valence-corrected chi connectivity index (χ4v) is 2.43. The number of methoxy groups -OCH3 is 1. The lowest BCUT2D eigenvalue weighted by Crippen LogP contribution is -2.17. The van der Waals surface area contributed by atoms with Crippen molar-refractivity contribution in [2.75, 3.05) is 7.11 Å². The summed E-state index contributed by atoms with van der Waals surface area (Å²) in [6.07, 6.45) is 1.49. The molecule has 0 atom stereocenters. The molecule has 0 unspecified atom stereocenters. The number of hydrogen-bond acceptors (Lipinski definition) is 4. The van der Waals surface area contributed by atoms with Crippen molar-refractivity contribution in [1.82, 2.24) is 5.43 Å². The van der Waals surface area contributed by atoms with Gasteiger partial charge >= 0.3 is 0 Å². The third kappa shape index (κ3) is 3.05. The van der Waals surface area contributed by atoms with Gasteiger partial charge in [-0.3, -0.25) is 4.79 Å². The zero-order valence-corrected chi connectivity index (χ0v) is 13.1. The topological polar surface area (TPSA) is 70.9 Å². The van der Waals surface area contributed by atoms with E-state index in [2.05, 4.69) is 10.5 Å². The summed E-state index contributed by atoms with van der Waals surface area (Å²) in [4.78, 5) is 12.2. The third-order valence-corrected chi connectivity index (χ3v) is 3.65. The standard InChI is InChI=1S/C19H16N2O3/c1-24-17-9-5-3-7-14(17)12-20-21-19(23)16-11-10-13-6-2-4-8-15(13)18(16)22/h2-12,22H,1H3,(H,21,23). The number of carbonyl (C=O) groups is 1. The number of carbonyl (C=O) groups excluding carboxylic acids is 1. The predicted octanol–water partition coefficient (Wildman–Crippen LogP) is 3.32. The van der Waals surface area contributed by atoms with Gasteiger partial charge in [-0.2, -0.15) is 5.10 Å². The van der Waals surface area contributed by atoms with Crippen LogP contribution in [-0.4, -0.2) is 24.3 Å². The average Bonchev–Trinajstić information content (AvgIpc) is 2.62. The van der Waals surface area contributed by atoms with Gasteiger partial charge in [0.15, 0.2) is 0 Å². The molecule has 0 fully saturated rings. The lowest BCUT2D eigenvalue weighted by Gasteiger charge is -2.07. The second kappa shape index (κ2) is 6.83. The lowest BCUT2D eigenvalue weighted by atomic mass is 10.1. The first kappa shape index (κ1) is 15.6. The van der Waals surface area contributed by atoms with Crippen LogP contribution in [-0.2, 0) is 0 Å². The quantitative estimate of drug-likeness (QED) is 0.572. The maximum atomic E-state index is 12.2. The second-order valence-corrected chi connectivity index (χ2v) is 5.12. The first-order chi connectivity index (χ1) is 11.7. The van der Waals surface area contributed by atoms with Crippen LogP contribution < -0.4 is 10.2 Å². The van der Waals surface area contributed by atoms with Gasteiger partial charge in [-0.05, 0) is 23.6 Å². The van der Waals surface area contributed by atoms with Crippen LogP contribution in [0.3, 0.4) is 0 Å². The van der Waals surface area contributed by atoms with Crippen molar-refractivity contribution in [2.24, 2.45) is 5.10 Å². The van der Waals surface area contributed by atoms with E-state index in [1.54, 1.807) is 31.4 Å². The summed E-state index contributed by atoms with van der Waals surface area (Å²) < 4.78 is 5.21. The van der Waals surface area contributed by atoms with Crippen LogP contribution in [0.5, 0.6) is 11.5 Å². The van der Waals surface area contributed by atoms with E-state index >= 15 is 0 Å². The second-order valence-electron chi connectivity index (χ2n) is 5.12. The van der Waals surface area contributed by atoms with Gasteiger partial charge < -0.3 is 9.84 Å². The van der Waals surface area contributed by atoms with E-state index in [-0.39, 0.29) is 11.3 Å². The van der Waals surface area contributed by atoms with Gasteiger partial charge in [0.2, 0.25) is 0 Å². The summed E-state index contributed by atoms with van der Waals surface area (Å²) in [5.74, 6) is 0.117. The Morgan fingerprint density at radius 3 is 2.67 bits per heavy atom. The molecule has 0 heterocycles. The number of amides is 1. The fourth-order valence-electron chi connectivity index (χ4n) is 2.43. The summed E-state index contributed by atoms with van der Waals surface area (Å²) in [6.45, 7) is 0. The molecule has 5 heteroatoms. The highest BCUT2D eigenvalue weighted by Crippen LogP contribution is 2.28. The molecule has 120 valence electrons. The number of fused-ring (bicyclic) bond motifs is 1. The largest absolute Gasteiger partial charge is 0.506 e. The smallest absolute Gasteiger partial charge is 0.275 e. The summed E-state index contributed by atoms with van der Waals surface area (Å²) in [7, 11) is 1.57. The number of phenolic OH excluding ortho intramolecular Hbond substituents is 1. The van der Waals surface area contributed by atoms with Crippen LogP contribution in [0.25, 0.3) is 10.8 Å². The minimum absolute atomic E-state index is 0.0573. The highest BCUT2D eigenvalue weighted by molar-refractivity contribution is 6.03. The fraction of sp³-hybridized carbons (Fsp3) is 0.0526. The van der Waals surface area contributed by atoms with E-state index < -0.39 is 5.91 Å². The van der Waals surface area contributed by atoms with E-state index in [9.17, 15) is 9.90 Å². The summed E-state index contributed by atoms with van der Waals surface area (Å²) in [5, 5.41) is 15.7. The zero-order chi connectivity index (χ0) is 16.9. The van der Waals surface area contributed by atoms with Crippen molar-refractivity contribution >= 4 is 22.9 Å². The van der Waals surface area contributed by atoms with Gasteiger partial charge in [0.05, 0.1) is 18.9 Å². The van der Waals surface area contributed by atoms with E-state index in [0.717, 1.165) is 10.9 Å². The molecule has 3 aromatic carbocycles. The molecule has 3 aromatic rings. The summed E-state index contributed by atoms with van der Waals surface area (Å²) in [6, 6.07) is 18.0. The molecule has 0 saturated carbocycles. The van der Waals surface area contributed by atoms with Crippen LogP contribution in [0.15, 0.2) is 65.8 Å². The summed E-state index contributed by atoms with van der Waals surface area (Å²) >= 11 is 0. The molecular formula is C19H16N2O3. The Labute approximate surface area is 139 Å². The van der Waals surface area contributed by atoms with Crippen LogP contribution >= 0.6 is 0 Å². The van der Waals surface area contributed by atoms with Crippen LogP contribution in [0.4, 0.5) is 0 Å². The first-order valence-corrected chi connectivity index (χ1v) is 7.38. The predicted molar refractivity (Wildman–Crippen MR) is 93.7 cm³/mol. The number of para-hydroxylation sites is 1. The number of nitrogens with zero attached hydrogens (tertiary/aromatic N) is 1. The van der Waals surface area contributed by atoms with E-state index in [1.165, 1.54) is 6.21 Å². The average molecular weight is 320 g/mol. The van der Waals surface area contributed by atoms with Crippen molar-refractivity contribution in [3.05, 3.63) is 71.8 Å². The molecule has 1 amide bonds. The van der Waals surface area contributed by atoms with Crippen molar-refractivity contribution < 1.29 is 14.6 Å². The molecule has 3 rings (SSSR count). The Balaban J connectivity index is 1.80. The van der Waals surface area contributed by atoms with Gasteiger partial charge in [0.25, 0.3) is 5.91 Å². The molecule has 0 radical (unpaired) electrons. The molecule has 0 aliphatic carbocycles. The maximum Gasteiger partial charge on any atom is 0.275 e. The Morgan fingerprint density at radius 2 is 1.83 bits per heavy atom.